The van der Waals surface area contributed by atoms with Crippen LogP contribution in [0.1, 0.15) is 5.56 Å². The molecule has 0 radical (unpaired) electrons. The van der Waals surface area contributed by atoms with Crippen LogP contribution in [-0.4, -0.2) is 17.4 Å². The van der Waals surface area contributed by atoms with Crippen LogP contribution in [0, 0.1) is 6.92 Å². The number of rotatable bonds is 3. The van der Waals surface area contributed by atoms with Gasteiger partial charge in [0.2, 0.25) is 0 Å². The van der Waals surface area contributed by atoms with Crippen molar-refractivity contribution in [2.24, 2.45) is 0 Å². The molecule has 0 aliphatic carbocycles. The van der Waals surface area contributed by atoms with E-state index in [1.807, 2.05) is 6.92 Å². The Balaban J connectivity index is 2.20. The van der Waals surface area contributed by atoms with E-state index in [9.17, 15) is 8.42 Å². The predicted octanol–water partition coefficient (Wildman–Crippen LogP) is 4.40. The Labute approximate surface area is 144 Å². The largest absolute Gasteiger partial charge is 0.269 e. The van der Waals surface area contributed by atoms with Gasteiger partial charge in [0.15, 0.2) is 5.82 Å². The Morgan fingerprint density at radius 3 is 2.22 bits per heavy atom. The molecule has 3 aromatic rings. The molecule has 0 spiro atoms. The van der Waals surface area contributed by atoms with Gasteiger partial charge in [-0.2, -0.15) is 0 Å². The summed E-state index contributed by atoms with van der Waals surface area (Å²) in [6, 6.07) is 11.6. The molecule has 0 N–H and O–H groups in total. The van der Waals surface area contributed by atoms with Crippen molar-refractivity contribution in [3.05, 3.63) is 70.5 Å². The summed E-state index contributed by atoms with van der Waals surface area (Å²) in [6.07, 6.45) is 2.78. The van der Waals surface area contributed by atoms with Crippen LogP contribution in [0.15, 0.2) is 59.8 Å². The molecule has 1 aromatic heterocycles. The lowest BCUT2D eigenvalue weighted by atomic mass is 10.2. The van der Waals surface area contributed by atoms with Gasteiger partial charge in [0, 0.05) is 12.4 Å². The highest BCUT2D eigenvalue weighted by atomic mass is 35.5. The lowest BCUT2D eigenvalue weighted by molar-refractivity contribution is 0.588. The molecule has 0 saturated carbocycles. The number of aryl methyl sites for hydroxylation is 1. The Hall–Kier alpha value is -1.82. The van der Waals surface area contributed by atoms with Gasteiger partial charge in [-0.05, 0) is 31.2 Å². The van der Waals surface area contributed by atoms with Gasteiger partial charge in [0.05, 0.1) is 20.5 Å². The minimum Gasteiger partial charge on any atom is -0.236 e. The summed E-state index contributed by atoms with van der Waals surface area (Å²) in [5.41, 5.74) is 1.36. The molecule has 7 heteroatoms. The molecule has 0 saturated heterocycles. The molecular weight excluding hydrogens is 355 g/mol. The third-order valence-corrected chi connectivity index (χ3v) is 5.68. The van der Waals surface area contributed by atoms with Gasteiger partial charge in [0.1, 0.15) is 0 Å². The van der Waals surface area contributed by atoms with Gasteiger partial charge in [-0.3, -0.25) is 0 Å². The summed E-state index contributed by atoms with van der Waals surface area (Å²) in [5.74, 6) is 0.182. The SMILES string of the molecule is Cc1ccc(S(=O)(=O)n2ccnc2-c2c(Cl)cccc2Cl)cc1. The van der Waals surface area contributed by atoms with Gasteiger partial charge in [-0.25, -0.2) is 17.4 Å². The van der Waals surface area contributed by atoms with Crippen molar-refractivity contribution in [2.45, 2.75) is 11.8 Å². The number of benzene rings is 2. The molecule has 4 nitrogen and oxygen atoms in total. The molecule has 118 valence electrons. The maximum absolute atomic E-state index is 12.9. The predicted molar refractivity (Wildman–Crippen MR) is 91.4 cm³/mol. The van der Waals surface area contributed by atoms with Crippen LogP contribution >= 0.6 is 23.2 Å². The van der Waals surface area contributed by atoms with Gasteiger partial charge in [-0.15, -0.1) is 0 Å². The van der Waals surface area contributed by atoms with E-state index in [1.54, 1.807) is 42.5 Å². The second-order valence-electron chi connectivity index (χ2n) is 4.96. The molecule has 0 atom stereocenters. The summed E-state index contributed by atoms with van der Waals surface area (Å²) in [7, 11) is -3.79. The molecule has 2 aromatic carbocycles. The normalized spacial score (nSPS) is 11.6. The minimum absolute atomic E-state index is 0.172. The topological polar surface area (TPSA) is 52.0 Å². The fourth-order valence-electron chi connectivity index (χ4n) is 2.20. The second-order valence-corrected chi connectivity index (χ2v) is 7.59. The van der Waals surface area contributed by atoms with Gasteiger partial charge < -0.3 is 0 Å². The fourth-order valence-corrected chi connectivity index (χ4v) is 4.05. The van der Waals surface area contributed by atoms with Crippen LogP contribution in [0.5, 0.6) is 0 Å². The molecular formula is C16H12Cl2N2O2S. The lowest BCUT2D eigenvalue weighted by Gasteiger charge is -2.11. The van der Waals surface area contributed by atoms with E-state index >= 15 is 0 Å². The summed E-state index contributed by atoms with van der Waals surface area (Å²) in [6.45, 7) is 1.89. The molecule has 0 unspecified atom stereocenters. The number of hydrogen-bond donors (Lipinski definition) is 0. The Morgan fingerprint density at radius 2 is 1.61 bits per heavy atom. The van der Waals surface area contributed by atoms with Gasteiger partial charge in [0.25, 0.3) is 10.0 Å². The average Bonchev–Trinajstić information content (AvgIpc) is 2.97. The van der Waals surface area contributed by atoms with E-state index in [4.69, 9.17) is 23.2 Å². The number of imidazole rings is 1. The molecule has 3 rings (SSSR count). The van der Waals surface area contributed by atoms with Crippen molar-refractivity contribution < 1.29 is 8.42 Å². The molecule has 23 heavy (non-hydrogen) atoms. The van der Waals surface area contributed by atoms with Crippen molar-refractivity contribution in [2.75, 3.05) is 0 Å². The summed E-state index contributed by atoms with van der Waals surface area (Å²) in [5, 5.41) is 0.674. The molecule has 0 aliphatic rings. The van der Waals surface area contributed by atoms with Crippen molar-refractivity contribution in [1.82, 2.24) is 8.96 Å². The molecule has 0 fully saturated rings. The van der Waals surface area contributed by atoms with Crippen molar-refractivity contribution in [1.29, 1.82) is 0 Å². The minimum atomic E-state index is -3.79. The highest BCUT2D eigenvalue weighted by molar-refractivity contribution is 7.90. The molecule has 0 amide bonds. The first-order valence-corrected chi connectivity index (χ1v) is 8.91. The molecule has 0 bridgehead atoms. The quantitative estimate of drug-likeness (QED) is 0.689. The van der Waals surface area contributed by atoms with Crippen molar-refractivity contribution in [3.8, 4) is 11.4 Å². The van der Waals surface area contributed by atoms with Gasteiger partial charge >= 0.3 is 0 Å². The van der Waals surface area contributed by atoms with Crippen LogP contribution in [0.4, 0.5) is 0 Å². The van der Waals surface area contributed by atoms with E-state index in [0.29, 0.717) is 15.6 Å². The molecule has 1 heterocycles. The van der Waals surface area contributed by atoms with E-state index in [2.05, 4.69) is 4.98 Å². The number of nitrogens with zero attached hydrogens (tertiary/aromatic N) is 2. The Kier molecular flexibility index (Phi) is 4.19. The van der Waals surface area contributed by atoms with Crippen LogP contribution in [0.2, 0.25) is 10.0 Å². The zero-order valence-electron chi connectivity index (χ0n) is 12.1. The fraction of sp³-hybridized carbons (Fsp3) is 0.0625. The maximum atomic E-state index is 12.9. The highest BCUT2D eigenvalue weighted by Crippen LogP contribution is 2.34. The number of hydrogen-bond acceptors (Lipinski definition) is 3. The standard InChI is InChI=1S/C16H12Cl2N2O2S/c1-11-5-7-12(8-6-11)23(21,22)20-10-9-19-16(20)15-13(17)3-2-4-14(15)18/h2-10H,1H3. The summed E-state index contributed by atoms with van der Waals surface area (Å²) < 4.78 is 26.8. The summed E-state index contributed by atoms with van der Waals surface area (Å²) in [4.78, 5) is 4.30. The zero-order chi connectivity index (χ0) is 16.6. The Bertz CT molecular complexity index is 944. The van der Waals surface area contributed by atoms with Crippen LogP contribution in [0.3, 0.4) is 0 Å². The third-order valence-electron chi connectivity index (χ3n) is 3.37. The third kappa shape index (κ3) is 2.87. The van der Waals surface area contributed by atoms with Crippen LogP contribution < -0.4 is 0 Å². The van der Waals surface area contributed by atoms with Crippen LogP contribution in [0.25, 0.3) is 11.4 Å². The van der Waals surface area contributed by atoms with Crippen LogP contribution in [-0.2, 0) is 10.0 Å². The lowest BCUT2D eigenvalue weighted by Crippen LogP contribution is -2.13. The first kappa shape index (κ1) is 16.1. The van der Waals surface area contributed by atoms with E-state index < -0.39 is 10.0 Å². The van der Waals surface area contributed by atoms with E-state index in [-0.39, 0.29) is 10.7 Å². The molecule has 0 aliphatic heterocycles. The Morgan fingerprint density at radius 1 is 1.00 bits per heavy atom. The number of aromatic nitrogens is 2. The zero-order valence-corrected chi connectivity index (χ0v) is 14.4. The average molecular weight is 367 g/mol. The van der Waals surface area contributed by atoms with E-state index in [0.717, 1.165) is 9.54 Å². The second kappa shape index (κ2) is 6.00. The maximum Gasteiger partial charge on any atom is 0.269 e. The monoisotopic (exact) mass is 366 g/mol. The van der Waals surface area contributed by atoms with Crippen molar-refractivity contribution in [3.63, 3.8) is 0 Å². The smallest absolute Gasteiger partial charge is 0.236 e. The first-order valence-electron chi connectivity index (χ1n) is 6.71. The summed E-state index contributed by atoms with van der Waals surface area (Å²) >= 11 is 12.4. The van der Waals surface area contributed by atoms with Gasteiger partial charge in [-0.1, -0.05) is 47.0 Å². The number of halogens is 2. The van der Waals surface area contributed by atoms with Crippen molar-refractivity contribution >= 4 is 33.2 Å². The highest BCUT2D eigenvalue weighted by Gasteiger charge is 2.23. The first-order chi connectivity index (χ1) is 10.9. The van der Waals surface area contributed by atoms with E-state index in [1.165, 1.54) is 12.4 Å².